The highest BCUT2D eigenvalue weighted by Crippen LogP contribution is 2.15. The van der Waals surface area contributed by atoms with Gasteiger partial charge in [-0.15, -0.1) is 0 Å². The van der Waals surface area contributed by atoms with Crippen LogP contribution in [0.25, 0.3) is 12.2 Å². The Morgan fingerprint density at radius 2 is 1.11 bits per heavy atom. The first-order valence-electron chi connectivity index (χ1n) is 10.1. The predicted molar refractivity (Wildman–Crippen MR) is 117 cm³/mol. The monoisotopic (exact) mass is 378 g/mol. The zero-order valence-electron chi connectivity index (χ0n) is 16.9. The highest BCUT2D eigenvalue weighted by atomic mass is 16.5. The van der Waals surface area contributed by atoms with E-state index in [0.29, 0.717) is 0 Å². The summed E-state index contributed by atoms with van der Waals surface area (Å²) in [5.41, 5.74) is 1.94. The molecule has 0 aliphatic heterocycles. The molecule has 0 radical (unpaired) electrons. The van der Waals surface area contributed by atoms with Crippen LogP contribution >= 0.6 is 0 Å². The SMILES string of the molecule is CCCCOc1ccc(/C=C\C(=O)/C=C/c2ccc(OCCCC)cc2)cc1. The van der Waals surface area contributed by atoms with Gasteiger partial charge in [0.15, 0.2) is 5.78 Å². The summed E-state index contributed by atoms with van der Waals surface area (Å²) < 4.78 is 11.3. The quantitative estimate of drug-likeness (QED) is 0.319. The van der Waals surface area contributed by atoms with Crippen LogP contribution in [0.5, 0.6) is 11.5 Å². The summed E-state index contributed by atoms with van der Waals surface area (Å²) in [6, 6.07) is 15.5. The topological polar surface area (TPSA) is 35.5 Å². The summed E-state index contributed by atoms with van der Waals surface area (Å²) in [6.45, 7) is 5.75. The molecule has 28 heavy (non-hydrogen) atoms. The first-order chi connectivity index (χ1) is 13.7. The van der Waals surface area contributed by atoms with Crippen LogP contribution in [0.15, 0.2) is 60.7 Å². The third-order valence-electron chi connectivity index (χ3n) is 4.17. The molecule has 0 saturated heterocycles. The van der Waals surface area contributed by atoms with E-state index in [4.69, 9.17) is 9.47 Å². The second-order valence-corrected chi connectivity index (χ2v) is 6.61. The lowest BCUT2D eigenvalue weighted by atomic mass is 10.1. The standard InChI is InChI=1S/C25H30O3/c1-3-5-19-27-24-15-9-21(10-16-24)7-13-23(26)14-8-22-11-17-25(18-12-22)28-20-6-4-2/h7-18H,3-6,19-20H2,1-2H3/b13-7-,14-8+. The lowest BCUT2D eigenvalue weighted by Gasteiger charge is -2.05. The van der Waals surface area contributed by atoms with Crippen LogP contribution in [0.3, 0.4) is 0 Å². The third kappa shape index (κ3) is 8.26. The van der Waals surface area contributed by atoms with E-state index in [1.165, 1.54) is 0 Å². The summed E-state index contributed by atoms with van der Waals surface area (Å²) in [4.78, 5) is 12.0. The molecule has 0 bridgehead atoms. The van der Waals surface area contributed by atoms with Crippen molar-refractivity contribution in [3.05, 3.63) is 71.8 Å². The average molecular weight is 379 g/mol. The number of carbonyl (C=O) groups excluding carboxylic acids is 1. The molecule has 2 aromatic rings. The fourth-order valence-electron chi connectivity index (χ4n) is 2.43. The second-order valence-electron chi connectivity index (χ2n) is 6.61. The van der Waals surface area contributed by atoms with Gasteiger partial charge in [-0.05, 0) is 60.4 Å². The Labute approximate surface area is 168 Å². The van der Waals surface area contributed by atoms with Crippen LogP contribution in [0.4, 0.5) is 0 Å². The molecular weight excluding hydrogens is 348 g/mol. The number of allylic oxidation sites excluding steroid dienone is 2. The Bertz CT molecular complexity index is 690. The largest absolute Gasteiger partial charge is 0.494 e. The van der Waals surface area contributed by atoms with Crippen molar-refractivity contribution in [3.8, 4) is 11.5 Å². The lowest BCUT2D eigenvalue weighted by molar-refractivity contribution is -0.110. The van der Waals surface area contributed by atoms with Crippen LogP contribution in [0, 0.1) is 0 Å². The van der Waals surface area contributed by atoms with E-state index < -0.39 is 0 Å². The van der Waals surface area contributed by atoms with Crippen molar-refractivity contribution in [2.24, 2.45) is 0 Å². The van der Waals surface area contributed by atoms with Gasteiger partial charge in [-0.2, -0.15) is 0 Å². The van der Waals surface area contributed by atoms with Crippen molar-refractivity contribution < 1.29 is 14.3 Å². The van der Waals surface area contributed by atoms with Gasteiger partial charge < -0.3 is 9.47 Å². The molecule has 0 heterocycles. The smallest absolute Gasteiger partial charge is 0.178 e. The van der Waals surface area contributed by atoms with Crippen molar-refractivity contribution in [2.45, 2.75) is 39.5 Å². The van der Waals surface area contributed by atoms with Gasteiger partial charge in [0.2, 0.25) is 0 Å². The molecule has 0 amide bonds. The van der Waals surface area contributed by atoms with Gasteiger partial charge in [0.1, 0.15) is 11.5 Å². The molecule has 3 nitrogen and oxygen atoms in total. The molecule has 2 rings (SSSR count). The van der Waals surface area contributed by atoms with Crippen LogP contribution < -0.4 is 9.47 Å². The summed E-state index contributed by atoms with van der Waals surface area (Å²) >= 11 is 0. The third-order valence-corrected chi connectivity index (χ3v) is 4.17. The van der Waals surface area contributed by atoms with Crippen molar-refractivity contribution in [1.29, 1.82) is 0 Å². The molecule has 0 aliphatic rings. The molecular formula is C25H30O3. The Morgan fingerprint density at radius 3 is 1.46 bits per heavy atom. The highest BCUT2D eigenvalue weighted by Gasteiger charge is 1.96. The molecule has 0 spiro atoms. The molecule has 0 saturated carbocycles. The molecule has 0 atom stereocenters. The Morgan fingerprint density at radius 1 is 0.714 bits per heavy atom. The Balaban J connectivity index is 1.82. The normalized spacial score (nSPS) is 11.2. The maximum absolute atomic E-state index is 12.0. The van der Waals surface area contributed by atoms with E-state index in [9.17, 15) is 4.79 Å². The minimum Gasteiger partial charge on any atom is -0.494 e. The zero-order chi connectivity index (χ0) is 20.0. The van der Waals surface area contributed by atoms with Gasteiger partial charge in [-0.25, -0.2) is 0 Å². The number of unbranched alkanes of at least 4 members (excludes halogenated alkanes) is 2. The fourth-order valence-corrected chi connectivity index (χ4v) is 2.43. The van der Waals surface area contributed by atoms with E-state index in [-0.39, 0.29) is 5.78 Å². The Hall–Kier alpha value is -2.81. The van der Waals surface area contributed by atoms with Crippen molar-refractivity contribution in [3.63, 3.8) is 0 Å². The number of ketones is 1. The molecule has 0 aliphatic carbocycles. The van der Waals surface area contributed by atoms with Crippen LogP contribution in [-0.4, -0.2) is 19.0 Å². The molecule has 0 aromatic heterocycles. The molecule has 148 valence electrons. The first kappa shape index (κ1) is 21.5. The number of hydrogen-bond acceptors (Lipinski definition) is 3. The summed E-state index contributed by atoms with van der Waals surface area (Å²) in [5.74, 6) is 1.67. The average Bonchev–Trinajstić information content (AvgIpc) is 2.73. The van der Waals surface area contributed by atoms with E-state index in [1.54, 1.807) is 12.2 Å². The maximum Gasteiger partial charge on any atom is 0.178 e. The molecule has 3 heteroatoms. The van der Waals surface area contributed by atoms with Crippen molar-refractivity contribution in [2.75, 3.05) is 13.2 Å². The van der Waals surface area contributed by atoms with Crippen molar-refractivity contribution in [1.82, 2.24) is 0 Å². The van der Waals surface area contributed by atoms with Gasteiger partial charge in [0.05, 0.1) is 13.2 Å². The van der Waals surface area contributed by atoms with Crippen LogP contribution in [0.2, 0.25) is 0 Å². The Kier molecular flexibility index (Phi) is 9.64. The van der Waals surface area contributed by atoms with Crippen LogP contribution in [-0.2, 0) is 4.79 Å². The molecule has 2 aromatic carbocycles. The maximum atomic E-state index is 12.0. The fraction of sp³-hybridized carbons (Fsp3) is 0.320. The predicted octanol–water partition coefficient (Wildman–Crippen LogP) is 6.34. The van der Waals surface area contributed by atoms with E-state index in [0.717, 1.165) is 61.5 Å². The lowest BCUT2D eigenvalue weighted by Crippen LogP contribution is -1.96. The van der Waals surface area contributed by atoms with Gasteiger partial charge in [0, 0.05) is 0 Å². The van der Waals surface area contributed by atoms with E-state index in [1.807, 2.05) is 60.7 Å². The number of carbonyl (C=O) groups is 1. The summed E-state index contributed by atoms with van der Waals surface area (Å²) in [7, 11) is 0. The molecule has 0 N–H and O–H groups in total. The minimum atomic E-state index is -0.0495. The summed E-state index contributed by atoms with van der Waals surface area (Å²) in [6.07, 6.45) is 11.1. The van der Waals surface area contributed by atoms with Crippen molar-refractivity contribution >= 4 is 17.9 Å². The number of rotatable bonds is 12. The molecule has 0 fully saturated rings. The van der Waals surface area contributed by atoms with E-state index in [2.05, 4.69) is 13.8 Å². The van der Waals surface area contributed by atoms with Crippen LogP contribution in [0.1, 0.15) is 50.7 Å². The number of hydrogen-bond donors (Lipinski definition) is 0. The van der Waals surface area contributed by atoms with Gasteiger partial charge in [-0.1, -0.05) is 63.1 Å². The first-order valence-corrected chi connectivity index (χ1v) is 10.1. The minimum absolute atomic E-state index is 0.0495. The highest BCUT2D eigenvalue weighted by molar-refractivity contribution is 6.04. The van der Waals surface area contributed by atoms with Gasteiger partial charge >= 0.3 is 0 Å². The van der Waals surface area contributed by atoms with Gasteiger partial charge in [-0.3, -0.25) is 4.79 Å². The molecule has 0 unspecified atom stereocenters. The van der Waals surface area contributed by atoms with E-state index >= 15 is 0 Å². The number of benzene rings is 2. The number of ether oxygens (including phenoxy) is 2. The summed E-state index contributed by atoms with van der Waals surface area (Å²) in [5, 5.41) is 0. The second kappa shape index (κ2) is 12.6. The zero-order valence-corrected chi connectivity index (χ0v) is 16.9. The van der Waals surface area contributed by atoms with Gasteiger partial charge in [0.25, 0.3) is 0 Å².